The maximum atomic E-state index is 12.6. The summed E-state index contributed by atoms with van der Waals surface area (Å²) in [7, 11) is 0. The van der Waals surface area contributed by atoms with Gasteiger partial charge in [-0.05, 0) is 81.6 Å². The highest BCUT2D eigenvalue weighted by molar-refractivity contribution is 5.75. The summed E-state index contributed by atoms with van der Waals surface area (Å²) in [5.74, 6) is 0. The average molecular weight is 924 g/mol. The molecule has 2 rings (SSSR count). The third kappa shape index (κ3) is 32.6. The Kier molecular flexibility index (Phi) is 40.6. The number of rotatable bonds is 29. The highest BCUT2D eigenvalue weighted by Crippen LogP contribution is 2.30. The van der Waals surface area contributed by atoms with Crippen molar-refractivity contribution >= 4 is 20.6 Å². The molecule has 2 N–H and O–H groups in total. The van der Waals surface area contributed by atoms with Crippen molar-refractivity contribution in [2.75, 3.05) is 13.2 Å². The molecule has 2 fully saturated rings. The quantitative estimate of drug-likeness (QED) is 0.0433. The molecule has 2 saturated heterocycles. The summed E-state index contributed by atoms with van der Waals surface area (Å²) in [6.45, 7) is 26.0. The smallest absolute Gasteiger partial charge is 0.413 e. The van der Waals surface area contributed by atoms with Gasteiger partial charge in [-0.2, -0.15) is 0 Å². The molecule has 1 unspecified atom stereocenters. The van der Waals surface area contributed by atoms with Crippen molar-refractivity contribution in [1.82, 2.24) is 9.80 Å². The van der Waals surface area contributed by atoms with Gasteiger partial charge in [0.1, 0.15) is 29.3 Å². The molecule has 2 heterocycles. The van der Waals surface area contributed by atoms with Crippen LogP contribution >= 0.6 is 0 Å². The molecule has 2 aliphatic heterocycles. The zero-order chi connectivity index (χ0) is 47.7. The minimum Gasteiger partial charge on any atom is -0.444 e. The number of unbranched alkanes of at least 4 members (excludes halogenated alkanes) is 23. The summed E-state index contributed by atoms with van der Waals surface area (Å²) < 4.78 is 22.4. The molecular weight excluding hydrogens is 815 g/mol. The number of aliphatic hydroxyl groups excluding tert-OH is 2. The van der Waals surface area contributed by atoms with E-state index in [4.69, 9.17) is 18.9 Å². The van der Waals surface area contributed by atoms with Crippen LogP contribution in [0.3, 0.4) is 0 Å². The summed E-state index contributed by atoms with van der Waals surface area (Å²) in [6, 6.07) is -0.635. The van der Waals surface area contributed by atoms with E-state index in [-0.39, 0.29) is 34.6 Å². The topological polar surface area (TPSA) is 118 Å². The van der Waals surface area contributed by atoms with Crippen molar-refractivity contribution in [3.05, 3.63) is 12.2 Å². The number of allylic oxidation sites excluding steroid dienone is 1. The average Bonchev–Trinajstić information content (AvgIpc) is 3.75. The summed E-state index contributed by atoms with van der Waals surface area (Å²) in [4.78, 5) is 28.3. The second kappa shape index (κ2) is 39.1. The first-order valence-corrected chi connectivity index (χ1v) is 26.2. The first kappa shape index (κ1) is 67.5. The van der Waals surface area contributed by atoms with E-state index in [2.05, 4.69) is 26.0 Å². The van der Waals surface area contributed by atoms with E-state index in [0.29, 0.717) is 13.0 Å². The van der Waals surface area contributed by atoms with Gasteiger partial charge in [0.05, 0.1) is 31.4 Å². The van der Waals surface area contributed by atoms with E-state index >= 15 is 0 Å². The molecule has 0 aromatic heterocycles. The number of carbonyl (C=O) groups excluding carboxylic acids is 2. The Labute approximate surface area is 405 Å². The molecule has 0 aliphatic carbocycles. The van der Waals surface area contributed by atoms with Crippen LogP contribution in [0.1, 0.15) is 264 Å². The molecule has 5 atom stereocenters. The number of ether oxygens (including phenoxy) is 4. The van der Waals surface area contributed by atoms with Crippen LogP contribution < -0.4 is 0 Å². The Balaban J connectivity index is -0.00000111. The fraction of sp³-hybridized carbons (Fsp3) is 0.926. The SMILES string of the molecule is C.CC.CCCCCCCCCCCCCC/C=C/[C@@H]1COC(C)(C)N1C(=O)OC(C)(C)C.CCCCCCCCCCCCCC[C@@H](O)[C@@H](O)[C@@H]1COC(C)N1C(=O)OC(C)(C)C.[B]. The highest BCUT2D eigenvalue weighted by Gasteiger charge is 2.45. The monoisotopic (exact) mass is 924 g/mol. The van der Waals surface area contributed by atoms with Gasteiger partial charge in [0.15, 0.2) is 0 Å². The van der Waals surface area contributed by atoms with Gasteiger partial charge in [0, 0.05) is 8.41 Å². The Morgan fingerprint density at radius 1 is 0.662 bits per heavy atom. The molecular formula is C54H108BN2O8. The number of aliphatic hydroxyl groups is 2. The van der Waals surface area contributed by atoms with E-state index in [9.17, 15) is 19.8 Å². The fourth-order valence-electron chi connectivity index (χ4n) is 8.15. The molecule has 385 valence electrons. The number of nitrogens with zero attached hydrogens (tertiary/aromatic N) is 2. The van der Waals surface area contributed by atoms with Gasteiger partial charge in [-0.3, -0.25) is 9.80 Å². The molecule has 3 radical (unpaired) electrons. The lowest BCUT2D eigenvalue weighted by molar-refractivity contribution is -0.0611. The Morgan fingerprint density at radius 3 is 1.46 bits per heavy atom. The molecule has 11 heteroatoms. The normalized spacial score (nSPS) is 19.0. The molecule has 10 nitrogen and oxygen atoms in total. The molecule has 0 bridgehead atoms. The van der Waals surface area contributed by atoms with Gasteiger partial charge in [0.25, 0.3) is 0 Å². The minimum absolute atomic E-state index is 0. The number of carbonyl (C=O) groups is 2. The molecule has 2 aliphatic rings. The van der Waals surface area contributed by atoms with Crippen molar-refractivity contribution in [1.29, 1.82) is 0 Å². The Hall–Kier alpha value is -1.82. The van der Waals surface area contributed by atoms with E-state index in [1.54, 1.807) is 32.6 Å². The second-order valence-electron chi connectivity index (χ2n) is 20.4. The molecule has 0 spiro atoms. The van der Waals surface area contributed by atoms with Crippen LogP contribution in [-0.4, -0.2) is 101 Å². The van der Waals surface area contributed by atoms with Gasteiger partial charge in [-0.15, -0.1) is 0 Å². The molecule has 65 heavy (non-hydrogen) atoms. The van der Waals surface area contributed by atoms with Gasteiger partial charge in [0.2, 0.25) is 0 Å². The van der Waals surface area contributed by atoms with Crippen molar-refractivity contribution in [2.24, 2.45) is 0 Å². The van der Waals surface area contributed by atoms with Crippen molar-refractivity contribution in [3.63, 3.8) is 0 Å². The van der Waals surface area contributed by atoms with Crippen molar-refractivity contribution in [2.45, 2.75) is 312 Å². The third-order valence-corrected chi connectivity index (χ3v) is 11.7. The minimum atomic E-state index is -1.04. The third-order valence-electron chi connectivity index (χ3n) is 11.7. The largest absolute Gasteiger partial charge is 0.444 e. The summed E-state index contributed by atoms with van der Waals surface area (Å²) >= 11 is 0. The van der Waals surface area contributed by atoms with Crippen molar-refractivity contribution < 1.29 is 38.7 Å². The zero-order valence-corrected chi connectivity index (χ0v) is 44.2. The first-order chi connectivity index (χ1) is 29.8. The van der Waals surface area contributed by atoms with Gasteiger partial charge < -0.3 is 29.2 Å². The highest BCUT2D eigenvalue weighted by atomic mass is 16.6. The fourth-order valence-corrected chi connectivity index (χ4v) is 8.15. The van der Waals surface area contributed by atoms with Crippen LogP contribution in [0.25, 0.3) is 0 Å². The lowest BCUT2D eigenvalue weighted by Crippen LogP contribution is -2.52. The molecule has 0 saturated carbocycles. The van der Waals surface area contributed by atoms with Crippen LogP contribution in [-0.2, 0) is 18.9 Å². The lowest BCUT2D eigenvalue weighted by Gasteiger charge is -2.34. The zero-order valence-electron chi connectivity index (χ0n) is 44.2. The van der Waals surface area contributed by atoms with Gasteiger partial charge in [-0.1, -0.05) is 195 Å². The molecule has 0 aromatic rings. The van der Waals surface area contributed by atoms with E-state index in [1.807, 2.05) is 48.5 Å². The molecule has 0 aromatic carbocycles. The maximum Gasteiger partial charge on any atom is 0.413 e. The standard InChI is InChI=1S/C26H49NO3.C25H49NO5.C2H6.CH4.B/c1-7-8-9-10-11-12-13-14-15-16-17-18-19-20-21-23-22-29-26(5,6)27(23)24(28)30-25(2,3)4;1-6-7-8-9-10-11-12-13-14-15-16-17-18-22(27)23(28)21-19-30-20(2)26(21)24(29)31-25(3,4)5;1-2;;/h20-21,23H,7-19,22H2,1-6H3;20-23,27-28H,6-19H2,1-5H3;1-2H3;1H4;/b21-20+;;;;/t23-;20?,21-,22+,23-;;;/m10.../s1. The predicted molar refractivity (Wildman–Crippen MR) is 276 cm³/mol. The number of hydrogen-bond acceptors (Lipinski definition) is 8. The second-order valence-corrected chi connectivity index (χ2v) is 20.4. The van der Waals surface area contributed by atoms with E-state index < -0.39 is 47.5 Å². The predicted octanol–water partition coefficient (Wildman–Crippen LogP) is 15.1. The van der Waals surface area contributed by atoms with E-state index in [1.165, 1.54) is 146 Å². The van der Waals surface area contributed by atoms with Crippen LogP contribution in [0, 0.1) is 0 Å². The Morgan fingerprint density at radius 2 is 1.05 bits per heavy atom. The van der Waals surface area contributed by atoms with Crippen LogP contribution in [0.2, 0.25) is 0 Å². The van der Waals surface area contributed by atoms with Gasteiger partial charge >= 0.3 is 12.2 Å². The molecule has 2 amide bonds. The van der Waals surface area contributed by atoms with Gasteiger partial charge in [-0.25, -0.2) is 9.59 Å². The number of hydrogen-bond donors (Lipinski definition) is 2. The summed E-state index contributed by atoms with van der Waals surface area (Å²) in [5, 5.41) is 21.1. The summed E-state index contributed by atoms with van der Waals surface area (Å²) in [6.07, 6.45) is 34.3. The lowest BCUT2D eigenvalue weighted by atomic mass is 9.99. The maximum absolute atomic E-state index is 12.6. The Bertz CT molecular complexity index is 1160. The van der Waals surface area contributed by atoms with Crippen molar-refractivity contribution in [3.8, 4) is 0 Å². The number of amides is 2. The van der Waals surface area contributed by atoms with E-state index in [0.717, 1.165) is 19.3 Å². The first-order valence-electron chi connectivity index (χ1n) is 26.2. The summed E-state index contributed by atoms with van der Waals surface area (Å²) in [5.41, 5.74) is -1.75. The van der Waals surface area contributed by atoms with Crippen LogP contribution in [0.4, 0.5) is 9.59 Å². The van der Waals surface area contributed by atoms with Crippen LogP contribution in [0.5, 0.6) is 0 Å². The van der Waals surface area contributed by atoms with Crippen LogP contribution in [0.15, 0.2) is 12.2 Å².